The predicted octanol–water partition coefficient (Wildman–Crippen LogP) is 2.16. The van der Waals surface area contributed by atoms with Crippen molar-refractivity contribution in [1.82, 2.24) is 5.16 Å². The highest BCUT2D eigenvalue weighted by Crippen LogP contribution is 2.19. The number of rotatable bonds is 11. The van der Waals surface area contributed by atoms with Crippen LogP contribution in [0.15, 0.2) is 47.2 Å². The quantitative estimate of drug-likeness (QED) is 0.593. The molecule has 7 heteroatoms. The van der Waals surface area contributed by atoms with Crippen LogP contribution in [-0.4, -0.2) is 34.0 Å². The van der Waals surface area contributed by atoms with E-state index in [9.17, 15) is 14.7 Å². The van der Waals surface area contributed by atoms with Gasteiger partial charge in [0.2, 0.25) is 5.78 Å². The molecule has 0 radical (unpaired) electrons. The topological polar surface area (TPSA) is 124 Å². The average molecular weight is 362 g/mol. The Balaban J connectivity index is 0.00000338. The highest BCUT2D eigenvalue weighted by Gasteiger charge is 2.16. The molecule has 1 atom stereocenters. The molecule has 4 N–H and O–H groups in total. The van der Waals surface area contributed by atoms with E-state index in [1.54, 1.807) is 0 Å². The van der Waals surface area contributed by atoms with Gasteiger partial charge in [-0.1, -0.05) is 35.5 Å². The van der Waals surface area contributed by atoms with E-state index in [2.05, 4.69) is 27.1 Å². The third-order valence-electron chi connectivity index (χ3n) is 4.17. The second-order valence-corrected chi connectivity index (χ2v) is 6.06. The third-order valence-corrected chi connectivity index (χ3v) is 4.17. The molecule has 1 aromatic carbocycles. The summed E-state index contributed by atoms with van der Waals surface area (Å²) in [5.41, 5.74) is 1.27. The maximum Gasteiger partial charge on any atom is 0.292 e. The number of aryl methyl sites for hydroxylation is 1. The van der Waals surface area contributed by atoms with Crippen LogP contribution in [0, 0.1) is 5.92 Å². The Bertz CT molecular complexity index is 643. The van der Waals surface area contributed by atoms with Gasteiger partial charge in [-0.25, -0.2) is 0 Å². The first-order valence-electron chi connectivity index (χ1n) is 8.58. The van der Waals surface area contributed by atoms with Crippen LogP contribution in [0.4, 0.5) is 5.82 Å². The summed E-state index contributed by atoms with van der Waals surface area (Å²) in [6.07, 6.45) is 5.59. The van der Waals surface area contributed by atoms with Crippen molar-refractivity contribution in [3.05, 3.63) is 48.2 Å². The lowest BCUT2D eigenvalue weighted by Gasteiger charge is -2.15. The van der Waals surface area contributed by atoms with E-state index in [1.165, 1.54) is 17.9 Å². The van der Waals surface area contributed by atoms with E-state index in [0.29, 0.717) is 18.8 Å². The Kier molecular flexibility index (Phi) is 9.89. The lowest BCUT2D eigenvalue weighted by atomic mass is 9.91. The first-order valence-corrected chi connectivity index (χ1v) is 8.58. The van der Waals surface area contributed by atoms with E-state index in [1.807, 2.05) is 18.2 Å². The van der Waals surface area contributed by atoms with Crippen molar-refractivity contribution in [2.24, 2.45) is 5.92 Å². The number of aromatic nitrogens is 1. The van der Waals surface area contributed by atoms with Gasteiger partial charge in [0.25, 0.3) is 5.91 Å². The number of aliphatic hydroxyl groups is 1. The van der Waals surface area contributed by atoms with Crippen molar-refractivity contribution in [2.45, 2.75) is 38.5 Å². The van der Waals surface area contributed by atoms with Gasteiger partial charge < -0.3 is 20.4 Å². The first-order chi connectivity index (χ1) is 12.2. The molecule has 0 fully saturated rings. The van der Waals surface area contributed by atoms with Crippen molar-refractivity contribution in [3.8, 4) is 0 Å². The molecular weight excluding hydrogens is 336 g/mol. The molecule has 0 saturated carbocycles. The lowest BCUT2D eigenvalue weighted by Crippen LogP contribution is -2.22. The maximum atomic E-state index is 11.9. The first kappa shape index (κ1) is 21.5. The molecular formula is C19H26N2O5. The molecule has 1 amide bonds. The molecule has 0 aliphatic carbocycles. The predicted molar refractivity (Wildman–Crippen MR) is 97.6 cm³/mol. The van der Waals surface area contributed by atoms with Gasteiger partial charge in [0.05, 0.1) is 0 Å². The number of carbonyl (C=O) groups is 2. The Morgan fingerprint density at radius 1 is 1.12 bits per heavy atom. The van der Waals surface area contributed by atoms with Crippen molar-refractivity contribution in [1.29, 1.82) is 0 Å². The average Bonchev–Trinajstić information content (AvgIpc) is 3.13. The van der Waals surface area contributed by atoms with Gasteiger partial charge >= 0.3 is 0 Å². The second-order valence-electron chi connectivity index (χ2n) is 6.06. The number of aliphatic hydroxyl groups excluding tert-OH is 1. The van der Waals surface area contributed by atoms with Crippen LogP contribution in [0.2, 0.25) is 0 Å². The van der Waals surface area contributed by atoms with Crippen LogP contribution in [0.5, 0.6) is 0 Å². The number of hydrogen-bond donors (Lipinski definition) is 2. The normalized spacial score (nSPS) is 11.4. The molecule has 142 valence electrons. The van der Waals surface area contributed by atoms with Gasteiger partial charge in [-0.3, -0.25) is 9.59 Å². The second kappa shape index (κ2) is 11.9. The van der Waals surface area contributed by atoms with Crippen LogP contribution < -0.4 is 5.32 Å². The monoisotopic (exact) mass is 362 g/mol. The molecule has 26 heavy (non-hydrogen) atoms. The van der Waals surface area contributed by atoms with Crippen LogP contribution in [0.25, 0.3) is 0 Å². The highest BCUT2D eigenvalue weighted by atomic mass is 16.5. The summed E-state index contributed by atoms with van der Waals surface area (Å²) in [4.78, 5) is 23.6. The minimum absolute atomic E-state index is 0. The molecule has 2 aromatic rings. The number of anilines is 1. The lowest BCUT2D eigenvalue weighted by molar-refractivity contribution is -0.134. The molecule has 1 unspecified atom stereocenters. The number of nitrogens with zero attached hydrogens (tertiary/aromatic N) is 1. The number of hydrogen-bond acceptors (Lipinski definition) is 5. The largest absolute Gasteiger partial charge is 0.412 e. The standard InChI is InChI=1S/C19H24N2O4.H2O/c22-13-11-16(10-9-15-5-2-1-3-6-15)7-4-8-17(23)19(24)20-18-12-14-25-21-18;/h1-3,5-6,12,14,16,22H,4,7-11,13H2,(H,20,21,24);1H2. The van der Waals surface area contributed by atoms with Crippen molar-refractivity contribution in [2.75, 3.05) is 11.9 Å². The van der Waals surface area contributed by atoms with Gasteiger partial charge in [0.1, 0.15) is 6.26 Å². The number of ketones is 1. The summed E-state index contributed by atoms with van der Waals surface area (Å²) in [5, 5.41) is 15.2. The summed E-state index contributed by atoms with van der Waals surface area (Å²) in [6, 6.07) is 11.7. The summed E-state index contributed by atoms with van der Waals surface area (Å²) in [5.74, 6) is -0.554. The molecule has 0 saturated heterocycles. The summed E-state index contributed by atoms with van der Waals surface area (Å²) < 4.78 is 4.60. The number of amides is 1. The van der Waals surface area contributed by atoms with Gasteiger partial charge in [-0.15, -0.1) is 0 Å². The van der Waals surface area contributed by atoms with Gasteiger partial charge in [-0.05, 0) is 43.6 Å². The summed E-state index contributed by atoms with van der Waals surface area (Å²) in [6.45, 7) is 0.139. The third kappa shape index (κ3) is 7.58. The van der Waals surface area contributed by atoms with Crippen molar-refractivity contribution >= 4 is 17.5 Å². The molecule has 2 rings (SSSR count). The Morgan fingerprint density at radius 3 is 2.54 bits per heavy atom. The fourth-order valence-corrected chi connectivity index (χ4v) is 2.76. The number of benzene rings is 1. The SMILES string of the molecule is O.O=C(CCCC(CCO)CCc1ccccc1)C(=O)Nc1ccon1. The van der Waals surface area contributed by atoms with Crippen molar-refractivity contribution in [3.63, 3.8) is 0 Å². The van der Waals surface area contributed by atoms with Gasteiger partial charge in [0, 0.05) is 19.1 Å². The molecule has 1 heterocycles. The molecule has 0 aliphatic rings. The van der Waals surface area contributed by atoms with E-state index in [-0.39, 0.29) is 24.3 Å². The van der Waals surface area contributed by atoms with Crippen LogP contribution in [0.1, 0.15) is 37.7 Å². The molecule has 1 aromatic heterocycles. The zero-order valence-corrected chi connectivity index (χ0v) is 14.7. The fraction of sp³-hybridized carbons (Fsp3) is 0.421. The summed E-state index contributed by atoms with van der Waals surface area (Å²) in [7, 11) is 0. The minimum Gasteiger partial charge on any atom is -0.412 e. The van der Waals surface area contributed by atoms with Crippen LogP contribution in [-0.2, 0) is 16.0 Å². The Labute approximate surface area is 152 Å². The highest BCUT2D eigenvalue weighted by molar-refractivity contribution is 6.40. The number of nitrogens with one attached hydrogen (secondary N) is 1. The van der Waals surface area contributed by atoms with E-state index < -0.39 is 11.7 Å². The summed E-state index contributed by atoms with van der Waals surface area (Å²) >= 11 is 0. The van der Waals surface area contributed by atoms with Gasteiger partial charge in [-0.2, -0.15) is 0 Å². The number of Topliss-reactive ketones (excluding diaryl/α,β-unsaturated/α-hetero) is 1. The fourth-order valence-electron chi connectivity index (χ4n) is 2.76. The Hall–Kier alpha value is -2.51. The smallest absolute Gasteiger partial charge is 0.292 e. The van der Waals surface area contributed by atoms with Gasteiger partial charge in [0.15, 0.2) is 5.82 Å². The van der Waals surface area contributed by atoms with Crippen molar-refractivity contribution < 1.29 is 24.7 Å². The van der Waals surface area contributed by atoms with E-state index in [0.717, 1.165) is 19.3 Å². The van der Waals surface area contributed by atoms with E-state index in [4.69, 9.17) is 0 Å². The van der Waals surface area contributed by atoms with Crippen LogP contribution >= 0.6 is 0 Å². The number of carbonyl (C=O) groups excluding carboxylic acids is 2. The van der Waals surface area contributed by atoms with Crippen LogP contribution in [0.3, 0.4) is 0 Å². The zero-order valence-electron chi connectivity index (χ0n) is 14.7. The maximum absolute atomic E-state index is 11.9. The zero-order chi connectivity index (χ0) is 17.9. The molecule has 7 nitrogen and oxygen atoms in total. The molecule has 0 aliphatic heterocycles. The van der Waals surface area contributed by atoms with E-state index >= 15 is 0 Å². The molecule has 0 spiro atoms. The molecule has 0 bridgehead atoms. The Morgan fingerprint density at radius 2 is 1.88 bits per heavy atom. The minimum atomic E-state index is -0.670.